The van der Waals surface area contributed by atoms with Gasteiger partial charge in [-0.1, -0.05) is 48.2 Å². The Morgan fingerprint density at radius 1 is 1.10 bits per heavy atom. The maximum atomic E-state index is 5.95. The van der Waals surface area contributed by atoms with Gasteiger partial charge in [-0.05, 0) is 29.7 Å². The molecule has 0 bridgehead atoms. The van der Waals surface area contributed by atoms with Crippen molar-refractivity contribution in [3.8, 4) is 17.6 Å². The molecule has 0 saturated heterocycles. The van der Waals surface area contributed by atoms with Gasteiger partial charge in [0.15, 0.2) is 0 Å². The highest BCUT2D eigenvalue weighted by atomic mass is 16.5. The standard InChI is InChI=1S/C18H17NO/c19-11-5-8-14-6-2-4-10-18(14)20-13-16-12-15-7-1-3-9-17(15)16/h1-4,6-7,9-10,16H,11-13,19H2. The minimum absolute atomic E-state index is 0.365. The molecule has 2 aromatic carbocycles. The zero-order chi connectivity index (χ0) is 13.8. The van der Waals surface area contributed by atoms with Crippen LogP contribution in [0.25, 0.3) is 0 Å². The molecule has 1 aliphatic rings. The summed E-state index contributed by atoms with van der Waals surface area (Å²) in [5.41, 5.74) is 9.18. The van der Waals surface area contributed by atoms with Gasteiger partial charge < -0.3 is 10.5 Å². The minimum Gasteiger partial charge on any atom is -0.492 e. The van der Waals surface area contributed by atoms with Crippen molar-refractivity contribution in [2.24, 2.45) is 5.73 Å². The molecule has 0 heterocycles. The maximum Gasteiger partial charge on any atom is 0.134 e. The fourth-order valence-electron chi connectivity index (χ4n) is 2.54. The van der Waals surface area contributed by atoms with Gasteiger partial charge in [0, 0.05) is 5.92 Å². The van der Waals surface area contributed by atoms with Crippen molar-refractivity contribution in [3.63, 3.8) is 0 Å². The van der Waals surface area contributed by atoms with Crippen LogP contribution in [0.1, 0.15) is 22.6 Å². The summed E-state index contributed by atoms with van der Waals surface area (Å²) in [6, 6.07) is 16.4. The number of ether oxygens (including phenoxy) is 1. The second-order valence-corrected chi connectivity index (χ2v) is 4.91. The van der Waals surface area contributed by atoms with Crippen molar-refractivity contribution >= 4 is 0 Å². The van der Waals surface area contributed by atoms with Crippen LogP contribution in [0.5, 0.6) is 5.75 Å². The highest BCUT2D eigenvalue weighted by Crippen LogP contribution is 2.35. The molecule has 1 aliphatic carbocycles. The maximum absolute atomic E-state index is 5.95. The summed E-state index contributed by atoms with van der Waals surface area (Å²) in [6.07, 6.45) is 1.10. The molecule has 20 heavy (non-hydrogen) atoms. The summed E-state index contributed by atoms with van der Waals surface area (Å²) < 4.78 is 5.95. The number of rotatable bonds is 3. The molecule has 3 rings (SSSR count). The number of hydrogen-bond acceptors (Lipinski definition) is 2. The van der Waals surface area contributed by atoms with E-state index in [1.54, 1.807) is 0 Å². The first-order valence-electron chi connectivity index (χ1n) is 6.87. The third-order valence-corrected chi connectivity index (χ3v) is 3.61. The molecule has 0 spiro atoms. The van der Waals surface area contributed by atoms with Crippen molar-refractivity contribution in [2.45, 2.75) is 12.3 Å². The lowest BCUT2D eigenvalue weighted by Gasteiger charge is -2.30. The van der Waals surface area contributed by atoms with Gasteiger partial charge >= 0.3 is 0 Å². The van der Waals surface area contributed by atoms with Gasteiger partial charge in [0.1, 0.15) is 5.75 Å². The van der Waals surface area contributed by atoms with Crippen LogP contribution in [0, 0.1) is 11.8 Å². The van der Waals surface area contributed by atoms with Gasteiger partial charge in [-0.2, -0.15) is 0 Å². The van der Waals surface area contributed by atoms with Crippen molar-refractivity contribution in [3.05, 3.63) is 65.2 Å². The predicted octanol–water partition coefficient (Wildman–Crippen LogP) is 2.72. The van der Waals surface area contributed by atoms with Crippen LogP contribution in [-0.4, -0.2) is 13.2 Å². The lowest BCUT2D eigenvalue weighted by Crippen LogP contribution is -2.23. The molecule has 2 N–H and O–H groups in total. The molecule has 2 nitrogen and oxygen atoms in total. The van der Waals surface area contributed by atoms with Crippen LogP contribution in [0.2, 0.25) is 0 Å². The summed E-state index contributed by atoms with van der Waals surface area (Å²) >= 11 is 0. The van der Waals surface area contributed by atoms with Gasteiger partial charge in [-0.25, -0.2) is 0 Å². The lowest BCUT2D eigenvalue weighted by molar-refractivity contribution is 0.274. The first-order valence-corrected chi connectivity index (χ1v) is 6.87. The average Bonchev–Trinajstić information content (AvgIpc) is 2.47. The minimum atomic E-state index is 0.365. The van der Waals surface area contributed by atoms with E-state index in [-0.39, 0.29) is 0 Å². The molecule has 2 aromatic rings. The quantitative estimate of drug-likeness (QED) is 0.864. The third-order valence-electron chi connectivity index (χ3n) is 3.61. The number of para-hydroxylation sites is 1. The molecule has 2 heteroatoms. The summed E-state index contributed by atoms with van der Waals surface area (Å²) in [5, 5.41) is 0. The first-order chi connectivity index (χ1) is 9.88. The number of benzene rings is 2. The van der Waals surface area contributed by atoms with Crippen LogP contribution in [0.15, 0.2) is 48.5 Å². The van der Waals surface area contributed by atoms with Gasteiger partial charge in [0.2, 0.25) is 0 Å². The van der Waals surface area contributed by atoms with E-state index in [0.29, 0.717) is 19.1 Å². The van der Waals surface area contributed by atoms with Crippen LogP contribution in [0.3, 0.4) is 0 Å². The first kappa shape index (κ1) is 12.8. The second kappa shape index (κ2) is 5.81. The highest BCUT2D eigenvalue weighted by molar-refractivity contribution is 5.46. The molecule has 0 aromatic heterocycles. The Kier molecular flexibility index (Phi) is 3.71. The largest absolute Gasteiger partial charge is 0.492 e. The molecule has 0 aliphatic heterocycles. The Morgan fingerprint density at radius 3 is 2.75 bits per heavy atom. The van der Waals surface area contributed by atoms with E-state index in [1.165, 1.54) is 11.1 Å². The van der Waals surface area contributed by atoms with Crippen LogP contribution in [-0.2, 0) is 6.42 Å². The van der Waals surface area contributed by atoms with E-state index in [4.69, 9.17) is 10.5 Å². The Labute approximate surface area is 119 Å². The van der Waals surface area contributed by atoms with Gasteiger partial charge in [-0.3, -0.25) is 0 Å². The fraction of sp³-hybridized carbons (Fsp3) is 0.222. The molecule has 0 saturated carbocycles. The molecule has 1 unspecified atom stereocenters. The van der Waals surface area contributed by atoms with E-state index in [2.05, 4.69) is 36.1 Å². The SMILES string of the molecule is NCC#Cc1ccccc1OCC1Cc2ccccc21. The third kappa shape index (κ3) is 2.54. The molecule has 0 amide bonds. The Hall–Kier alpha value is -2.24. The summed E-state index contributed by atoms with van der Waals surface area (Å²) in [5.74, 6) is 7.27. The van der Waals surface area contributed by atoms with Crippen molar-refractivity contribution < 1.29 is 4.74 Å². The van der Waals surface area contributed by atoms with Crippen LogP contribution in [0.4, 0.5) is 0 Å². The average molecular weight is 263 g/mol. The lowest BCUT2D eigenvalue weighted by atomic mass is 9.78. The normalized spacial score (nSPS) is 15.6. The Morgan fingerprint density at radius 2 is 1.90 bits per heavy atom. The predicted molar refractivity (Wildman–Crippen MR) is 80.8 cm³/mol. The Balaban J connectivity index is 1.68. The molecule has 100 valence electrons. The summed E-state index contributed by atoms with van der Waals surface area (Å²) in [7, 11) is 0. The van der Waals surface area contributed by atoms with Gasteiger partial charge in [-0.15, -0.1) is 0 Å². The van der Waals surface area contributed by atoms with Crippen molar-refractivity contribution in [1.82, 2.24) is 0 Å². The Bertz CT molecular complexity index is 666. The monoisotopic (exact) mass is 263 g/mol. The molecule has 1 atom stereocenters. The number of hydrogen-bond donors (Lipinski definition) is 1. The number of nitrogens with two attached hydrogens (primary N) is 1. The van der Waals surface area contributed by atoms with E-state index in [0.717, 1.165) is 17.7 Å². The van der Waals surface area contributed by atoms with E-state index < -0.39 is 0 Å². The van der Waals surface area contributed by atoms with Crippen molar-refractivity contribution in [2.75, 3.05) is 13.2 Å². The summed E-state index contributed by atoms with van der Waals surface area (Å²) in [4.78, 5) is 0. The topological polar surface area (TPSA) is 35.2 Å². The van der Waals surface area contributed by atoms with Gasteiger partial charge in [0.05, 0.1) is 18.7 Å². The zero-order valence-electron chi connectivity index (χ0n) is 11.3. The van der Waals surface area contributed by atoms with Gasteiger partial charge in [0.25, 0.3) is 0 Å². The summed E-state index contributed by atoms with van der Waals surface area (Å²) in [6.45, 7) is 1.07. The molecular formula is C18H17NO. The zero-order valence-corrected chi connectivity index (χ0v) is 11.3. The molecule has 0 fully saturated rings. The van der Waals surface area contributed by atoms with E-state index in [1.807, 2.05) is 24.3 Å². The van der Waals surface area contributed by atoms with Crippen LogP contribution < -0.4 is 10.5 Å². The van der Waals surface area contributed by atoms with E-state index in [9.17, 15) is 0 Å². The smallest absolute Gasteiger partial charge is 0.134 e. The van der Waals surface area contributed by atoms with E-state index >= 15 is 0 Å². The second-order valence-electron chi connectivity index (χ2n) is 4.91. The highest BCUT2D eigenvalue weighted by Gasteiger charge is 2.25. The fourth-order valence-corrected chi connectivity index (χ4v) is 2.54. The molecule has 0 radical (unpaired) electrons. The number of fused-ring (bicyclic) bond motifs is 1. The molecular weight excluding hydrogens is 246 g/mol. The van der Waals surface area contributed by atoms with Crippen molar-refractivity contribution in [1.29, 1.82) is 0 Å². The van der Waals surface area contributed by atoms with Crippen LogP contribution >= 0.6 is 0 Å².